The summed E-state index contributed by atoms with van der Waals surface area (Å²) in [5.41, 5.74) is 0. The molecule has 0 aromatic carbocycles. The zero-order chi connectivity index (χ0) is 11.3. The second-order valence-electron chi connectivity index (χ2n) is 3.12. The summed E-state index contributed by atoms with van der Waals surface area (Å²) in [5.74, 6) is 0.513. The molecule has 1 heterocycles. The van der Waals surface area contributed by atoms with Gasteiger partial charge in [-0.15, -0.1) is 0 Å². The van der Waals surface area contributed by atoms with Crippen molar-refractivity contribution in [2.75, 3.05) is 27.2 Å². The van der Waals surface area contributed by atoms with E-state index in [4.69, 9.17) is 10.00 Å². The summed E-state index contributed by atoms with van der Waals surface area (Å²) in [6.45, 7) is 1.32. The van der Waals surface area contributed by atoms with E-state index in [-0.39, 0.29) is 5.82 Å². The first-order valence-electron chi connectivity index (χ1n) is 4.34. The normalized spacial score (nSPS) is 10.1. The number of likely N-dealkylation sites (N-methyl/N-ethyl adjacent to an activating group) is 1. The number of ether oxygens (including phenoxy) is 1. The molecule has 0 N–H and O–H groups in total. The lowest BCUT2D eigenvalue weighted by Gasteiger charge is -2.10. The Bertz CT molecular complexity index is 375. The maximum Gasteiger partial charge on any atom is 0.236 e. The van der Waals surface area contributed by atoms with Crippen LogP contribution in [0.3, 0.4) is 0 Å². The Labute approximate surface area is 96.8 Å². The van der Waals surface area contributed by atoms with Gasteiger partial charge in [0.05, 0.1) is 0 Å². The summed E-state index contributed by atoms with van der Waals surface area (Å²) >= 11 is 3.18. The van der Waals surface area contributed by atoms with Crippen molar-refractivity contribution in [3.63, 3.8) is 0 Å². The van der Waals surface area contributed by atoms with Gasteiger partial charge in [0.2, 0.25) is 11.7 Å². The lowest BCUT2D eigenvalue weighted by molar-refractivity contribution is 0.253. The molecule has 0 spiro atoms. The predicted octanol–water partition coefficient (Wildman–Crippen LogP) is 1.05. The Morgan fingerprint density at radius 1 is 1.53 bits per heavy atom. The molecule has 1 rings (SSSR count). The lowest BCUT2D eigenvalue weighted by Crippen LogP contribution is -2.19. The Kier molecular flexibility index (Phi) is 4.46. The molecule has 0 radical (unpaired) electrons. The standard InChI is InChI=1S/C9H11BrN4O/c1-14(2)3-4-15-9-5-7(10)12-8(6-11)13-9/h5H,3-4H2,1-2H3. The van der Waals surface area contributed by atoms with E-state index in [0.717, 1.165) is 6.54 Å². The van der Waals surface area contributed by atoms with E-state index in [0.29, 0.717) is 17.1 Å². The van der Waals surface area contributed by atoms with Gasteiger partial charge in [-0.2, -0.15) is 10.2 Å². The predicted molar refractivity (Wildman–Crippen MR) is 58.5 cm³/mol. The van der Waals surface area contributed by atoms with Crippen molar-refractivity contribution in [1.82, 2.24) is 14.9 Å². The molecule has 0 bridgehead atoms. The maximum absolute atomic E-state index is 8.64. The fourth-order valence-electron chi connectivity index (χ4n) is 0.854. The first kappa shape index (κ1) is 11.9. The molecule has 0 aliphatic rings. The van der Waals surface area contributed by atoms with Crippen LogP contribution in [0.25, 0.3) is 0 Å². The van der Waals surface area contributed by atoms with E-state index in [1.165, 1.54) is 0 Å². The SMILES string of the molecule is CN(C)CCOc1cc(Br)nc(C#N)n1. The summed E-state index contributed by atoms with van der Waals surface area (Å²) in [6, 6.07) is 3.50. The van der Waals surface area contributed by atoms with Gasteiger partial charge < -0.3 is 9.64 Å². The fourth-order valence-corrected chi connectivity index (χ4v) is 1.22. The van der Waals surface area contributed by atoms with Crippen LogP contribution in [0.5, 0.6) is 5.88 Å². The summed E-state index contributed by atoms with van der Waals surface area (Å²) in [7, 11) is 3.92. The average Bonchev–Trinajstić information content (AvgIpc) is 2.16. The summed E-state index contributed by atoms with van der Waals surface area (Å²) < 4.78 is 5.92. The van der Waals surface area contributed by atoms with Crippen molar-refractivity contribution in [1.29, 1.82) is 5.26 Å². The molecule has 0 amide bonds. The zero-order valence-corrected chi connectivity index (χ0v) is 10.2. The number of nitriles is 1. The first-order valence-corrected chi connectivity index (χ1v) is 5.13. The van der Waals surface area contributed by atoms with Gasteiger partial charge in [0.1, 0.15) is 17.3 Å². The Morgan fingerprint density at radius 2 is 2.27 bits per heavy atom. The monoisotopic (exact) mass is 270 g/mol. The molecule has 0 fully saturated rings. The molecule has 1 aromatic heterocycles. The zero-order valence-electron chi connectivity index (χ0n) is 8.57. The first-order chi connectivity index (χ1) is 7.11. The van der Waals surface area contributed by atoms with Gasteiger partial charge in [-0.1, -0.05) is 0 Å². The summed E-state index contributed by atoms with van der Waals surface area (Å²) in [4.78, 5) is 9.76. The fraction of sp³-hybridized carbons (Fsp3) is 0.444. The van der Waals surface area contributed by atoms with Crippen LogP contribution in [0.4, 0.5) is 0 Å². The molecular formula is C9H11BrN4O. The van der Waals surface area contributed by atoms with E-state index >= 15 is 0 Å². The van der Waals surface area contributed by atoms with Crippen molar-refractivity contribution in [3.8, 4) is 11.9 Å². The van der Waals surface area contributed by atoms with Crippen LogP contribution in [0.1, 0.15) is 5.82 Å². The highest BCUT2D eigenvalue weighted by atomic mass is 79.9. The van der Waals surface area contributed by atoms with Crippen molar-refractivity contribution in [2.24, 2.45) is 0 Å². The van der Waals surface area contributed by atoms with Gasteiger partial charge in [0, 0.05) is 12.6 Å². The summed E-state index contributed by atoms with van der Waals surface area (Å²) in [5, 5.41) is 8.64. The van der Waals surface area contributed by atoms with Crippen LogP contribution < -0.4 is 4.74 Å². The number of rotatable bonds is 4. The van der Waals surface area contributed by atoms with Crippen LogP contribution in [-0.4, -0.2) is 42.1 Å². The quantitative estimate of drug-likeness (QED) is 0.766. The number of hydrogen-bond donors (Lipinski definition) is 0. The van der Waals surface area contributed by atoms with Crippen LogP contribution in [-0.2, 0) is 0 Å². The molecule has 0 aliphatic carbocycles. The van der Waals surface area contributed by atoms with Crippen LogP contribution >= 0.6 is 15.9 Å². The number of halogens is 1. The molecule has 15 heavy (non-hydrogen) atoms. The molecule has 6 heteroatoms. The minimum atomic E-state index is 0.101. The van der Waals surface area contributed by atoms with Crippen molar-refractivity contribution >= 4 is 15.9 Å². The van der Waals surface area contributed by atoms with Crippen LogP contribution in [0.15, 0.2) is 10.7 Å². The molecule has 0 saturated carbocycles. The molecule has 0 unspecified atom stereocenters. The Balaban J connectivity index is 2.61. The van der Waals surface area contributed by atoms with E-state index in [1.54, 1.807) is 6.07 Å². The number of aromatic nitrogens is 2. The third-order valence-corrected chi connectivity index (χ3v) is 1.97. The van der Waals surface area contributed by atoms with E-state index in [2.05, 4.69) is 25.9 Å². The van der Waals surface area contributed by atoms with Crippen molar-refractivity contribution in [2.45, 2.75) is 0 Å². The third-order valence-electron chi connectivity index (χ3n) is 1.56. The molecule has 5 nitrogen and oxygen atoms in total. The lowest BCUT2D eigenvalue weighted by atomic mass is 10.5. The molecule has 80 valence electrons. The van der Waals surface area contributed by atoms with Crippen molar-refractivity contribution < 1.29 is 4.74 Å². The largest absolute Gasteiger partial charge is 0.476 e. The van der Waals surface area contributed by atoms with Gasteiger partial charge in [0.25, 0.3) is 0 Å². The van der Waals surface area contributed by atoms with Gasteiger partial charge >= 0.3 is 0 Å². The number of nitrogens with zero attached hydrogens (tertiary/aromatic N) is 4. The smallest absolute Gasteiger partial charge is 0.236 e. The second-order valence-corrected chi connectivity index (χ2v) is 3.93. The molecule has 0 saturated heterocycles. The molecule has 0 aliphatic heterocycles. The van der Waals surface area contributed by atoms with Crippen molar-refractivity contribution in [3.05, 3.63) is 16.5 Å². The van der Waals surface area contributed by atoms with Crippen LogP contribution in [0.2, 0.25) is 0 Å². The molecule has 0 atom stereocenters. The Hall–Kier alpha value is -1.19. The summed E-state index contributed by atoms with van der Waals surface area (Å²) in [6.07, 6.45) is 0. The van der Waals surface area contributed by atoms with Crippen LogP contribution in [0, 0.1) is 11.3 Å². The van der Waals surface area contributed by atoms with E-state index in [1.807, 2.05) is 25.1 Å². The Morgan fingerprint density at radius 3 is 2.87 bits per heavy atom. The van der Waals surface area contributed by atoms with Gasteiger partial charge in [0.15, 0.2) is 0 Å². The highest BCUT2D eigenvalue weighted by Crippen LogP contribution is 2.13. The highest BCUT2D eigenvalue weighted by molar-refractivity contribution is 9.10. The van der Waals surface area contributed by atoms with E-state index in [9.17, 15) is 0 Å². The topological polar surface area (TPSA) is 62.0 Å². The van der Waals surface area contributed by atoms with E-state index < -0.39 is 0 Å². The minimum Gasteiger partial charge on any atom is -0.476 e. The highest BCUT2D eigenvalue weighted by Gasteiger charge is 2.03. The van der Waals surface area contributed by atoms with Gasteiger partial charge in [-0.3, -0.25) is 0 Å². The third kappa shape index (κ3) is 4.23. The van der Waals surface area contributed by atoms with Gasteiger partial charge in [-0.25, -0.2) is 4.98 Å². The van der Waals surface area contributed by atoms with Gasteiger partial charge in [-0.05, 0) is 30.0 Å². The second kappa shape index (κ2) is 5.63. The number of hydrogen-bond acceptors (Lipinski definition) is 5. The maximum atomic E-state index is 8.64. The molecule has 1 aromatic rings. The molecular weight excluding hydrogens is 260 g/mol. The minimum absolute atomic E-state index is 0.101. The average molecular weight is 271 g/mol.